The van der Waals surface area contributed by atoms with Crippen molar-refractivity contribution in [3.05, 3.63) is 36.7 Å². The van der Waals surface area contributed by atoms with Gasteiger partial charge in [-0.3, -0.25) is 10.1 Å². The number of hydrogen-bond acceptors (Lipinski definition) is 7. The molecule has 8 nitrogen and oxygen atoms in total. The number of anilines is 2. The fourth-order valence-electron chi connectivity index (χ4n) is 2.08. The zero-order chi connectivity index (χ0) is 14.5. The van der Waals surface area contributed by atoms with Crippen molar-refractivity contribution in [1.29, 1.82) is 0 Å². The summed E-state index contributed by atoms with van der Waals surface area (Å²) in [7, 11) is 0. The number of hydrogen-bond donors (Lipinski definition) is 3. The number of fused-ring (bicyclic) bond motifs is 1. The number of nitrogens with two attached hydrogens (primary N) is 1. The molecule has 0 aliphatic carbocycles. The summed E-state index contributed by atoms with van der Waals surface area (Å²) in [6, 6.07) is 7.81. The van der Waals surface area contributed by atoms with E-state index in [9.17, 15) is 0 Å². The van der Waals surface area contributed by atoms with Crippen LogP contribution in [-0.2, 0) is 6.54 Å². The van der Waals surface area contributed by atoms with Crippen LogP contribution in [0.5, 0.6) is 0 Å². The van der Waals surface area contributed by atoms with E-state index in [0.717, 1.165) is 36.2 Å². The molecule has 108 valence electrons. The first-order valence-electron chi connectivity index (χ1n) is 6.68. The largest absolute Gasteiger partial charge is 0.369 e. The van der Waals surface area contributed by atoms with Gasteiger partial charge < -0.3 is 5.32 Å². The Labute approximate surface area is 121 Å². The first kappa shape index (κ1) is 13.3. The third-order valence-electron chi connectivity index (χ3n) is 3.06. The van der Waals surface area contributed by atoms with Gasteiger partial charge in [-0.1, -0.05) is 17.3 Å². The number of para-hydroxylation sites is 1. The Morgan fingerprint density at radius 1 is 1.19 bits per heavy atom. The molecule has 4 N–H and O–H groups in total. The van der Waals surface area contributed by atoms with E-state index >= 15 is 0 Å². The summed E-state index contributed by atoms with van der Waals surface area (Å²) < 4.78 is 1.80. The Bertz CT molecular complexity index is 709. The highest BCUT2D eigenvalue weighted by atomic mass is 15.4. The van der Waals surface area contributed by atoms with Gasteiger partial charge in [-0.05, 0) is 18.6 Å². The van der Waals surface area contributed by atoms with Crippen LogP contribution in [0.15, 0.2) is 36.7 Å². The molecular weight excluding hydrogens is 268 g/mol. The molecule has 0 radical (unpaired) electrons. The summed E-state index contributed by atoms with van der Waals surface area (Å²) in [5.74, 6) is 6.57. The molecule has 8 heteroatoms. The van der Waals surface area contributed by atoms with E-state index in [4.69, 9.17) is 5.84 Å². The van der Waals surface area contributed by atoms with E-state index in [1.54, 1.807) is 10.9 Å². The maximum atomic E-state index is 5.41. The normalized spacial score (nSPS) is 10.7. The van der Waals surface area contributed by atoms with Crippen LogP contribution >= 0.6 is 0 Å². The van der Waals surface area contributed by atoms with Crippen LogP contribution in [0.4, 0.5) is 11.8 Å². The minimum atomic E-state index is 0.396. The number of nitrogen functional groups attached to an aromatic ring is 1. The van der Waals surface area contributed by atoms with Gasteiger partial charge in [0.15, 0.2) is 0 Å². The van der Waals surface area contributed by atoms with Gasteiger partial charge in [0.2, 0.25) is 5.95 Å². The van der Waals surface area contributed by atoms with Crippen LogP contribution in [0.1, 0.15) is 6.42 Å². The zero-order valence-corrected chi connectivity index (χ0v) is 11.4. The number of benzene rings is 1. The molecule has 21 heavy (non-hydrogen) atoms. The van der Waals surface area contributed by atoms with Crippen molar-refractivity contribution in [3.63, 3.8) is 0 Å². The van der Waals surface area contributed by atoms with Crippen molar-refractivity contribution in [2.24, 2.45) is 5.84 Å². The van der Waals surface area contributed by atoms with E-state index in [-0.39, 0.29) is 0 Å². The van der Waals surface area contributed by atoms with Crippen molar-refractivity contribution >= 4 is 22.7 Å². The monoisotopic (exact) mass is 284 g/mol. The van der Waals surface area contributed by atoms with Crippen LogP contribution in [-0.4, -0.2) is 31.5 Å². The van der Waals surface area contributed by atoms with E-state index in [1.165, 1.54) is 0 Å². The Balaban J connectivity index is 1.70. The van der Waals surface area contributed by atoms with Crippen LogP contribution < -0.4 is 16.6 Å². The van der Waals surface area contributed by atoms with Crippen molar-refractivity contribution in [2.75, 3.05) is 17.3 Å². The maximum absolute atomic E-state index is 5.41. The van der Waals surface area contributed by atoms with Crippen molar-refractivity contribution < 1.29 is 0 Å². The fourth-order valence-corrected chi connectivity index (χ4v) is 2.08. The Hall–Kier alpha value is -2.74. The van der Waals surface area contributed by atoms with Gasteiger partial charge in [0.1, 0.15) is 5.82 Å². The number of aromatic nitrogens is 5. The van der Waals surface area contributed by atoms with Gasteiger partial charge >= 0.3 is 0 Å². The van der Waals surface area contributed by atoms with Crippen molar-refractivity contribution in [1.82, 2.24) is 25.0 Å². The fraction of sp³-hybridized carbons (Fsp3) is 0.231. The predicted molar refractivity (Wildman–Crippen MR) is 80.5 cm³/mol. The summed E-state index contributed by atoms with van der Waals surface area (Å²) in [5.41, 5.74) is 3.33. The van der Waals surface area contributed by atoms with Gasteiger partial charge in [-0.25, -0.2) is 10.8 Å². The van der Waals surface area contributed by atoms with Crippen molar-refractivity contribution in [2.45, 2.75) is 13.0 Å². The van der Waals surface area contributed by atoms with Crippen LogP contribution in [0.25, 0.3) is 10.9 Å². The molecule has 0 fully saturated rings. The molecule has 0 saturated carbocycles. The second kappa shape index (κ2) is 6.14. The lowest BCUT2D eigenvalue weighted by Gasteiger charge is -2.10. The van der Waals surface area contributed by atoms with Gasteiger partial charge in [0.05, 0.1) is 11.7 Å². The van der Waals surface area contributed by atoms with E-state index in [1.807, 2.05) is 30.5 Å². The quantitative estimate of drug-likeness (QED) is 0.352. The van der Waals surface area contributed by atoms with Crippen LogP contribution in [0.2, 0.25) is 0 Å². The number of hydrazine groups is 1. The van der Waals surface area contributed by atoms with E-state index in [2.05, 4.69) is 31.0 Å². The van der Waals surface area contributed by atoms with E-state index in [0.29, 0.717) is 5.95 Å². The molecular formula is C13H16N8. The minimum absolute atomic E-state index is 0.396. The van der Waals surface area contributed by atoms with Gasteiger partial charge in [0, 0.05) is 24.7 Å². The van der Waals surface area contributed by atoms with Crippen LogP contribution in [0.3, 0.4) is 0 Å². The molecule has 0 bridgehead atoms. The molecule has 0 spiro atoms. The summed E-state index contributed by atoms with van der Waals surface area (Å²) in [6.45, 7) is 1.57. The second-order valence-electron chi connectivity index (χ2n) is 4.50. The topological polar surface area (TPSA) is 107 Å². The molecule has 2 aromatic heterocycles. The SMILES string of the molecule is NNc1nc(NCCCn2ccnn2)c2ccccc2n1. The summed E-state index contributed by atoms with van der Waals surface area (Å²) in [5, 5.41) is 12.0. The second-order valence-corrected chi connectivity index (χ2v) is 4.50. The molecule has 0 aliphatic rings. The maximum Gasteiger partial charge on any atom is 0.239 e. The number of nitrogens with one attached hydrogen (secondary N) is 2. The number of rotatable bonds is 6. The van der Waals surface area contributed by atoms with Gasteiger partial charge in [0.25, 0.3) is 0 Å². The van der Waals surface area contributed by atoms with Crippen LogP contribution in [0, 0.1) is 0 Å². The average Bonchev–Trinajstić information content (AvgIpc) is 3.04. The number of aryl methyl sites for hydroxylation is 1. The summed E-state index contributed by atoms with van der Waals surface area (Å²) >= 11 is 0. The molecule has 1 aromatic carbocycles. The first-order chi connectivity index (χ1) is 10.4. The van der Waals surface area contributed by atoms with Gasteiger partial charge in [-0.2, -0.15) is 4.98 Å². The predicted octanol–water partition coefficient (Wildman–Crippen LogP) is 1.01. The smallest absolute Gasteiger partial charge is 0.239 e. The Morgan fingerprint density at radius 3 is 2.90 bits per heavy atom. The molecule has 0 amide bonds. The molecule has 3 aromatic rings. The highest BCUT2D eigenvalue weighted by molar-refractivity contribution is 5.89. The summed E-state index contributed by atoms with van der Waals surface area (Å²) in [6.07, 6.45) is 4.42. The third-order valence-corrected chi connectivity index (χ3v) is 3.06. The molecule has 3 rings (SSSR count). The minimum Gasteiger partial charge on any atom is -0.369 e. The Kier molecular flexibility index (Phi) is 3.88. The lowest BCUT2D eigenvalue weighted by molar-refractivity contribution is 0.569. The summed E-state index contributed by atoms with van der Waals surface area (Å²) in [4.78, 5) is 8.67. The van der Waals surface area contributed by atoms with Gasteiger partial charge in [-0.15, -0.1) is 5.10 Å². The van der Waals surface area contributed by atoms with Crippen molar-refractivity contribution in [3.8, 4) is 0 Å². The number of nitrogens with zero attached hydrogens (tertiary/aromatic N) is 5. The first-order valence-corrected chi connectivity index (χ1v) is 6.68. The molecule has 0 unspecified atom stereocenters. The lowest BCUT2D eigenvalue weighted by Crippen LogP contribution is -2.13. The molecule has 0 atom stereocenters. The highest BCUT2D eigenvalue weighted by Crippen LogP contribution is 2.21. The van der Waals surface area contributed by atoms with E-state index < -0.39 is 0 Å². The molecule has 0 aliphatic heterocycles. The third kappa shape index (κ3) is 3.06. The lowest BCUT2D eigenvalue weighted by atomic mass is 10.2. The standard InChI is InChI=1S/C13H16N8/c14-19-13-17-11-5-2-1-4-10(11)12(18-13)15-6-3-8-21-9-7-16-20-21/h1-2,4-5,7,9H,3,6,8,14H2,(H2,15,17,18,19). The molecule has 0 saturated heterocycles. The average molecular weight is 284 g/mol. The Morgan fingerprint density at radius 2 is 2.10 bits per heavy atom. The highest BCUT2D eigenvalue weighted by Gasteiger charge is 2.06. The molecule has 2 heterocycles. The zero-order valence-electron chi connectivity index (χ0n) is 11.4.